The molecule has 0 radical (unpaired) electrons. The summed E-state index contributed by atoms with van der Waals surface area (Å²) in [4.78, 5) is 23.0. The Morgan fingerprint density at radius 1 is 1.21 bits per heavy atom. The van der Waals surface area contributed by atoms with Crippen LogP contribution in [0.1, 0.15) is 29.2 Å². The molecule has 2 N–H and O–H groups in total. The van der Waals surface area contributed by atoms with Gasteiger partial charge in [-0.15, -0.1) is 0 Å². The van der Waals surface area contributed by atoms with E-state index in [0.29, 0.717) is 11.1 Å². The van der Waals surface area contributed by atoms with Gasteiger partial charge in [0.2, 0.25) is 0 Å². The number of alkyl carbamates (subject to hydrolysis) is 1. The Morgan fingerprint density at radius 2 is 1.92 bits per heavy atom. The third-order valence-electron chi connectivity index (χ3n) is 3.50. The molecule has 2 aromatic carbocycles. The van der Waals surface area contributed by atoms with Crippen molar-refractivity contribution >= 4 is 12.1 Å². The van der Waals surface area contributed by atoms with Crippen LogP contribution in [0.5, 0.6) is 0 Å². The van der Waals surface area contributed by atoms with Crippen LogP contribution in [0.3, 0.4) is 0 Å². The maximum atomic E-state index is 13.5. The lowest BCUT2D eigenvalue weighted by Gasteiger charge is -2.19. The second kappa shape index (κ2) is 8.10. The van der Waals surface area contributed by atoms with E-state index >= 15 is 0 Å². The fourth-order valence-corrected chi connectivity index (χ4v) is 2.31. The van der Waals surface area contributed by atoms with Crippen molar-refractivity contribution in [3.63, 3.8) is 0 Å². The Balaban J connectivity index is 2.06. The molecule has 0 unspecified atom stereocenters. The number of amides is 1. The highest BCUT2D eigenvalue weighted by Crippen LogP contribution is 2.22. The highest BCUT2D eigenvalue weighted by atomic mass is 19.1. The lowest BCUT2D eigenvalue weighted by molar-refractivity contribution is -0.137. The summed E-state index contributed by atoms with van der Waals surface area (Å²) >= 11 is 0. The molecule has 2 aromatic rings. The van der Waals surface area contributed by atoms with Gasteiger partial charge in [0.05, 0.1) is 12.5 Å². The number of hydrogen-bond donors (Lipinski definition) is 2. The number of carbonyl (C=O) groups excluding carboxylic acids is 1. The van der Waals surface area contributed by atoms with Crippen molar-refractivity contribution < 1.29 is 23.8 Å². The Morgan fingerprint density at radius 3 is 2.58 bits per heavy atom. The predicted octanol–water partition coefficient (Wildman–Crippen LogP) is 3.58. The van der Waals surface area contributed by atoms with Crippen molar-refractivity contribution in [1.29, 1.82) is 0 Å². The number of carbonyl (C=O) groups is 2. The van der Waals surface area contributed by atoms with E-state index in [1.165, 1.54) is 18.2 Å². The minimum atomic E-state index is -1.10. The van der Waals surface area contributed by atoms with Gasteiger partial charge in [0, 0.05) is 0 Å². The average molecular weight is 331 g/mol. The Labute approximate surface area is 139 Å². The summed E-state index contributed by atoms with van der Waals surface area (Å²) in [5.41, 5.74) is 1.91. The van der Waals surface area contributed by atoms with Gasteiger partial charge in [-0.3, -0.25) is 4.79 Å². The van der Waals surface area contributed by atoms with Crippen LogP contribution in [0.4, 0.5) is 9.18 Å². The Bertz CT molecular complexity index is 718. The van der Waals surface area contributed by atoms with Gasteiger partial charge in [0.25, 0.3) is 0 Å². The van der Waals surface area contributed by atoms with Crippen molar-refractivity contribution in [3.05, 3.63) is 71.0 Å². The second-order valence-corrected chi connectivity index (χ2v) is 5.36. The SMILES string of the molecule is Cc1ccc(F)cc1[C@@H](CC(=O)O)NC(=O)OCc1ccccc1. The third-order valence-corrected chi connectivity index (χ3v) is 3.50. The predicted molar refractivity (Wildman–Crippen MR) is 85.9 cm³/mol. The van der Waals surface area contributed by atoms with E-state index in [2.05, 4.69) is 5.32 Å². The summed E-state index contributed by atoms with van der Waals surface area (Å²) in [5.74, 6) is -1.60. The average Bonchev–Trinajstić information content (AvgIpc) is 2.55. The number of ether oxygens (including phenoxy) is 1. The van der Waals surface area contributed by atoms with Crippen molar-refractivity contribution in [2.24, 2.45) is 0 Å². The molecular formula is C18H18FNO4. The summed E-state index contributed by atoms with van der Waals surface area (Å²) in [6.07, 6.45) is -1.13. The maximum absolute atomic E-state index is 13.5. The van der Waals surface area contributed by atoms with E-state index in [4.69, 9.17) is 9.84 Å². The number of halogens is 1. The monoisotopic (exact) mass is 331 g/mol. The molecule has 126 valence electrons. The number of carboxylic acid groups (broad SMARTS) is 1. The summed E-state index contributed by atoms with van der Waals surface area (Å²) in [5, 5.41) is 11.5. The lowest BCUT2D eigenvalue weighted by atomic mass is 9.98. The summed E-state index contributed by atoms with van der Waals surface area (Å²) in [6.45, 7) is 1.79. The molecule has 0 spiro atoms. The molecule has 0 saturated carbocycles. The quantitative estimate of drug-likeness (QED) is 0.848. The zero-order valence-electron chi connectivity index (χ0n) is 13.2. The van der Waals surface area contributed by atoms with Crippen molar-refractivity contribution in [1.82, 2.24) is 5.32 Å². The van der Waals surface area contributed by atoms with Crippen LogP contribution in [-0.4, -0.2) is 17.2 Å². The summed E-state index contributed by atoms with van der Waals surface area (Å²) in [7, 11) is 0. The first-order valence-electron chi connectivity index (χ1n) is 7.41. The largest absolute Gasteiger partial charge is 0.481 e. The molecule has 0 aromatic heterocycles. The van der Waals surface area contributed by atoms with Crippen LogP contribution in [0.15, 0.2) is 48.5 Å². The highest BCUT2D eigenvalue weighted by molar-refractivity contribution is 5.72. The first-order chi connectivity index (χ1) is 11.5. The van der Waals surface area contributed by atoms with Gasteiger partial charge in [-0.1, -0.05) is 36.4 Å². The normalized spacial score (nSPS) is 11.6. The lowest BCUT2D eigenvalue weighted by Crippen LogP contribution is -2.31. The minimum absolute atomic E-state index is 0.0641. The van der Waals surface area contributed by atoms with Crippen molar-refractivity contribution in [2.45, 2.75) is 26.0 Å². The number of benzene rings is 2. The molecule has 0 aliphatic carbocycles. The number of nitrogens with one attached hydrogen (secondary N) is 1. The molecule has 5 nitrogen and oxygen atoms in total. The maximum Gasteiger partial charge on any atom is 0.407 e. The van der Waals surface area contributed by atoms with Gasteiger partial charge < -0.3 is 15.2 Å². The first-order valence-corrected chi connectivity index (χ1v) is 7.41. The smallest absolute Gasteiger partial charge is 0.407 e. The molecular weight excluding hydrogens is 313 g/mol. The molecule has 6 heteroatoms. The van der Waals surface area contributed by atoms with Gasteiger partial charge in [0.1, 0.15) is 12.4 Å². The van der Waals surface area contributed by atoms with Crippen molar-refractivity contribution in [2.75, 3.05) is 0 Å². The zero-order chi connectivity index (χ0) is 17.5. The standard InChI is InChI=1S/C18H18FNO4/c1-12-7-8-14(19)9-15(12)16(10-17(21)22)20-18(23)24-11-13-5-3-2-4-6-13/h2-9,16H,10-11H2,1H3,(H,20,23)(H,21,22)/t16-/m1/s1. The first kappa shape index (κ1) is 17.5. The Hall–Kier alpha value is -2.89. The van der Waals surface area contributed by atoms with E-state index in [0.717, 1.165) is 5.56 Å². The molecule has 0 heterocycles. The second-order valence-electron chi connectivity index (χ2n) is 5.36. The van der Waals surface area contributed by atoms with Crippen LogP contribution in [0, 0.1) is 12.7 Å². The van der Waals surface area contributed by atoms with Crippen LogP contribution in [0.2, 0.25) is 0 Å². The number of aryl methyl sites for hydroxylation is 1. The Kier molecular flexibility index (Phi) is 5.89. The highest BCUT2D eigenvalue weighted by Gasteiger charge is 2.21. The number of carboxylic acids is 1. The van der Waals surface area contributed by atoms with E-state index in [1.54, 1.807) is 19.1 Å². The molecule has 0 saturated heterocycles. The number of aliphatic carboxylic acids is 1. The molecule has 2 rings (SSSR count). The fraction of sp³-hybridized carbons (Fsp3) is 0.222. The minimum Gasteiger partial charge on any atom is -0.481 e. The van der Waals surface area contributed by atoms with Crippen LogP contribution in [0.25, 0.3) is 0 Å². The van der Waals surface area contributed by atoms with Crippen LogP contribution in [-0.2, 0) is 16.1 Å². The number of rotatable bonds is 6. The van der Waals surface area contributed by atoms with E-state index < -0.39 is 23.9 Å². The molecule has 1 amide bonds. The van der Waals surface area contributed by atoms with E-state index in [1.807, 2.05) is 18.2 Å². The van der Waals surface area contributed by atoms with Gasteiger partial charge >= 0.3 is 12.1 Å². The van der Waals surface area contributed by atoms with Gasteiger partial charge in [-0.2, -0.15) is 0 Å². The molecule has 0 aliphatic rings. The molecule has 0 fully saturated rings. The van der Waals surface area contributed by atoms with Crippen LogP contribution >= 0.6 is 0 Å². The van der Waals surface area contributed by atoms with E-state index in [-0.39, 0.29) is 13.0 Å². The number of hydrogen-bond acceptors (Lipinski definition) is 3. The molecule has 0 bridgehead atoms. The van der Waals surface area contributed by atoms with Gasteiger partial charge in [0.15, 0.2) is 0 Å². The van der Waals surface area contributed by atoms with Gasteiger partial charge in [-0.25, -0.2) is 9.18 Å². The molecule has 1 atom stereocenters. The summed E-state index contributed by atoms with van der Waals surface area (Å²) < 4.78 is 18.6. The zero-order valence-corrected chi connectivity index (χ0v) is 13.2. The van der Waals surface area contributed by atoms with Crippen LogP contribution < -0.4 is 5.32 Å². The fourth-order valence-electron chi connectivity index (χ4n) is 2.31. The van der Waals surface area contributed by atoms with E-state index in [9.17, 15) is 14.0 Å². The molecule has 24 heavy (non-hydrogen) atoms. The molecule has 0 aliphatic heterocycles. The van der Waals surface area contributed by atoms with Gasteiger partial charge in [-0.05, 0) is 35.7 Å². The summed E-state index contributed by atoms with van der Waals surface area (Å²) in [6, 6.07) is 12.3. The third kappa shape index (κ3) is 5.08. The topological polar surface area (TPSA) is 75.6 Å². The van der Waals surface area contributed by atoms with Crippen molar-refractivity contribution in [3.8, 4) is 0 Å².